The van der Waals surface area contributed by atoms with Gasteiger partial charge >= 0.3 is 0 Å². The van der Waals surface area contributed by atoms with Gasteiger partial charge in [-0.3, -0.25) is 10.1 Å². The number of hydrogen-bond donors (Lipinski definition) is 2. The molecule has 1 aromatic heterocycles. The summed E-state index contributed by atoms with van der Waals surface area (Å²) in [6, 6.07) is 12.8. The third kappa shape index (κ3) is 3.76. The van der Waals surface area contributed by atoms with Gasteiger partial charge in [0.1, 0.15) is 12.0 Å². The van der Waals surface area contributed by atoms with Gasteiger partial charge in [0, 0.05) is 18.7 Å². The first kappa shape index (κ1) is 14.0. The molecule has 20 heavy (non-hydrogen) atoms. The van der Waals surface area contributed by atoms with Crippen molar-refractivity contribution in [2.75, 3.05) is 11.9 Å². The van der Waals surface area contributed by atoms with Crippen molar-refractivity contribution in [2.24, 2.45) is 5.73 Å². The fraction of sp³-hybridized carbons (Fsp3) is 0.214. The van der Waals surface area contributed by atoms with E-state index in [0.29, 0.717) is 12.4 Å². The van der Waals surface area contributed by atoms with Gasteiger partial charge in [-0.2, -0.15) is 0 Å². The fourth-order valence-electron chi connectivity index (χ4n) is 1.82. The summed E-state index contributed by atoms with van der Waals surface area (Å²) in [7, 11) is 0. The van der Waals surface area contributed by atoms with E-state index in [1.54, 1.807) is 6.07 Å². The van der Waals surface area contributed by atoms with Crippen LogP contribution in [-0.4, -0.2) is 16.5 Å². The first-order valence-electron chi connectivity index (χ1n) is 6.31. The van der Waals surface area contributed by atoms with Crippen molar-refractivity contribution in [1.82, 2.24) is 4.98 Å². The minimum atomic E-state index is -0.470. The SMILES string of the molecule is NC(CCNc1ccc([N+](=O)[O-])cn1)c1ccccc1. The van der Waals surface area contributed by atoms with Crippen LogP contribution in [0.5, 0.6) is 0 Å². The highest BCUT2D eigenvalue weighted by molar-refractivity contribution is 5.40. The average molecular weight is 272 g/mol. The van der Waals surface area contributed by atoms with Crippen LogP contribution in [0.1, 0.15) is 18.0 Å². The lowest BCUT2D eigenvalue weighted by Gasteiger charge is -2.12. The number of aromatic nitrogens is 1. The Kier molecular flexibility index (Phi) is 4.62. The summed E-state index contributed by atoms with van der Waals surface area (Å²) < 4.78 is 0. The molecule has 0 aliphatic carbocycles. The average Bonchev–Trinajstić information content (AvgIpc) is 2.48. The van der Waals surface area contributed by atoms with Crippen LogP contribution in [0.4, 0.5) is 11.5 Å². The van der Waals surface area contributed by atoms with Crippen LogP contribution in [0, 0.1) is 10.1 Å². The van der Waals surface area contributed by atoms with Crippen LogP contribution in [-0.2, 0) is 0 Å². The van der Waals surface area contributed by atoms with Crippen LogP contribution in [0.3, 0.4) is 0 Å². The molecular weight excluding hydrogens is 256 g/mol. The van der Waals surface area contributed by atoms with Crippen molar-refractivity contribution in [3.63, 3.8) is 0 Å². The lowest BCUT2D eigenvalue weighted by atomic mass is 10.1. The molecule has 2 rings (SSSR count). The quantitative estimate of drug-likeness (QED) is 0.622. The lowest BCUT2D eigenvalue weighted by molar-refractivity contribution is -0.385. The highest BCUT2D eigenvalue weighted by Crippen LogP contribution is 2.15. The zero-order valence-electron chi connectivity index (χ0n) is 10.9. The van der Waals surface area contributed by atoms with Gasteiger partial charge in [0.05, 0.1) is 4.92 Å². The molecule has 0 bridgehead atoms. The predicted octanol–water partition coefficient (Wildman–Crippen LogP) is 2.49. The molecule has 1 atom stereocenters. The Morgan fingerprint density at radius 3 is 2.60 bits per heavy atom. The van der Waals surface area contributed by atoms with E-state index in [1.165, 1.54) is 12.3 Å². The minimum absolute atomic E-state index is 0.0171. The Morgan fingerprint density at radius 1 is 1.25 bits per heavy atom. The summed E-state index contributed by atoms with van der Waals surface area (Å²) in [5.74, 6) is 0.607. The molecule has 0 saturated carbocycles. The Bertz CT molecular complexity index is 557. The summed E-state index contributed by atoms with van der Waals surface area (Å²) in [4.78, 5) is 14.0. The molecule has 6 nitrogen and oxygen atoms in total. The summed E-state index contributed by atoms with van der Waals surface area (Å²) in [6.07, 6.45) is 1.99. The van der Waals surface area contributed by atoms with Crippen molar-refractivity contribution < 1.29 is 4.92 Å². The number of anilines is 1. The second-order valence-electron chi connectivity index (χ2n) is 4.39. The van der Waals surface area contributed by atoms with Crippen molar-refractivity contribution in [2.45, 2.75) is 12.5 Å². The summed E-state index contributed by atoms with van der Waals surface area (Å²) in [5.41, 5.74) is 7.15. The molecule has 2 aromatic rings. The molecule has 0 aliphatic rings. The second kappa shape index (κ2) is 6.63. The highest BCUT2D eigenvalue weighted by Gasteiger charge is 2.07. The monoisotopic (exact) mass is 272 g/mol. The Morgan fingerprint density at radius 2 is 2.00 bits per heavy atom. The number of benzene rings is 1. The van der Waals surface area contributed by atoms with Gasteiger partial charge in [-0.05, 0) is 18.1 Å². The summed E-state index contributed by atoms with van der Waals surface area (Å²) >= 11 is 0. The van der Waals surface area contributed by atoms with Gasteiger partial charge in [0.25, 0.3) is 5.69 Å². The maximum Gasteiger partial charge on any atom is 0.287 e. The minimum Gasteiger partial charge on any atom is -0.370 e. The third-order valence-corrected chi connectivity index (χ3v) is 2.95. The van der Waals surface area contributed by atoms with Crippen molar-refractivity contribution >= 4 is 11.5 Å². The Hall–Kier alpha value is -2.47. The Balaban J connectivity index is 1.82. The van der Waals surface area contributed by atoms with E-state index < -0.39 is 4.92 Å². The number of hydrogen-bond acceptors (Lipinski definition) is 5. The summed E-state index contributed by atoms with van der Waals surface area (Å²) in [5, 5.41) is 13.6. The van der Waals surface area contributed by atoms with E-state index in [0.717, 1.165) is 12.0 Å². The smallest absolute Gasteiger partial charge is 0.287 e. The molecule has 1 heterocycles. The molecule has 0 saturated heterocycles. The number of nitrogens with two attached hydrogens (primary N) is 1. The van der Waals surface area contributed by atoms with Crippen molar-refractivity contribution in [3.8, 4) is 0 Å². The molecule has 0 spiro atoms. The maximum absolute atomic E-state index is 10.5. The van der Waals surface area contributed by atoms with E-state index in [4.69, 9.17) is 5.73 Å². The van der Waals surface area contributed by atoms with Gasteiger partial charge in [0.15, 0.2) is 0 Å². The predicted molar refractivity (Wildman–Crippen MR) is 77.4 cm³/mol. The number of nitrogens with one attached hydrogen (secondary N) is 1. The normalized spacial score (nSPS) is 11.8. The molecule has 0 amide bonds. The van der Waals surface area contributed by atoms with Crippen molar-refractivity contribution in [1.29, 1.82) is 0 Å². The van der Waals surface area contributed by atoms with Crippen LogP contribution in [0.15, 0.2) is 48.7 Å². The van der Waals surface area contributed by atoms with Gasteiger partial charge < -0.3 is 11.1 Å². The van der Waals surface area contributed by atoms with Gasteiger partial charge in [-0.15, -0.1) is 0 Å². The standard InChI is InChI=1S/C14H16N4O2/c15-13(11-4-2-1-3-5-11)8-9-16-14-7-6-12(10-17-14)18(19)20/h1-7,10,13H,8-9,15H2,(H,16,17). The number of nitrogens with zero attached hydrogens (tertiary/aromatic N) is 2. The van der Waals surface area contributed by atoms with E-state index in [2.05, 4.69) is 10.3 Å². The fourth-order valence-corrected chi connectivity index (χ4v) is 1.82. The molecular formula is C14H16N4O2. The van der Waals surface area contributed by atoms with Crippen LogP contribution in [0.25, 0.3) is 0 Å². The first-order chi connectivity index (χ1) is 9.66. The van der Waals surface area contributed by atoms with E-state index in [1.807, 2.05) is 30.3 Å². The topological polar surface area (TPSA) is 94.1 Å². The van der Waals surface area contributed by atoms with E-state index >= 15 is 0 Å². The molecule has 0 aliphatic heterocycles. The molecule has 3 N–H and O–H groups in total. The lowest BCUT2D eigenvalue weighted by Crippen LogP contribution is -2.15. The summed E-state index contributed by atoms with van der Waals surface area (Å²) in [6.45, 7) is 0.654. The first-order valence-corrected chi connectivity index (χ1v) is 6.31. The highest BCUT2D eigenvalue weighted by atomic mass is 16.6. The zero-order valence-corrected chi connectivity index (χ0v) is 10.9. The maximum atomic E-state index is 10.5. The molecule has 1 unspecified atom stereocenters. The van der Waals surface area contributed by atoms with E-state index in [-0.39, 0.29) is 11.7 Å². The van der Waals surface area contributed by atoms with E-state index in [9.17, 15) is 10.1 Å². The van der Waals surface area contributed by atoms with Crippen LogP contribution < -0.4 is 11.1 Å². The number of rotatable bonds is 6. The largest absolute Gasteiger partial charge is 0.370 e. The van der Waals surface area contributed by atoms with Gasteiger partial charge in [-0.25, -0.2) is 4.98 Å². The zero-order chi connectivity index (χ0) is 14.4. The molecule has 0 fully saturated rings. The third-order valence-electron chi connectivity index (χ3n) is 2.95. The molecule has 6 heteroatoms. The Labute approximate surface area is 116 Å². The molecule has 104 valence electrons. The van der Waals surface area contributed by atoms with Crippen LogP contribution in [0.2, 0.25) is 0 Å². The second-order valence-corrected chi connectivity index (χ2v) is 4.39. The molecule has 0 radical (unpaired) electrons. The van der Waals surface area contributed by atoms with Crippen LogP contribution >= 0.6 is 0 Å². The van der Waals surface area contributed by atoms with Gasteiger partial charge in [0.2, 0.25) is 0 Å². The molecule has 1 aromatic carbocycles. The number of nitro groups is 1. The number of pyridine rings is 1. The van der Waals surface area contributed by atoms with Gasteiger partial charge in [-0.1, -0.05) is 30.3 Å². The van der Waals surface area contributed by atoms with Crippen molar-refractivity contribution in [3.05, 3.63) is 64.3 Å².